The average Bonchev–Trinajstić information content (AvgIpc) is 3.01. The van der Waals surface area contributed by atoms with Gasteiger partial charge in [0.1, 0.15) is 0 Å². The van der Waals surface area contributed by atoms with Crippen LogP contribution in [0.3, 0.4) is 0 Å². The molecule has 0 aliphatic heterocycles. The Labute approximate surface area is 148 Å². The number of nitrogens with zero attached hydrogens (tertiary/aromatic N) is 2. The van der Waals surface area contributed by atoms with Crippen LogP contribution in [0, 0.1) is 0 Å². The van der Waals surface area contributed by atoms with E-state index in [2.05, 4.69) is 40.6 Å². The Morgan fingerprint density at radius 1 is 1.30 bits per heavy atom. The molecule has 0 saturated carbocycles. The largest absolute Gasteiger partial charge is 0.349 e. The summed E-state index contributed by atoms with van der Waals surface area (Å²) in [7, 11) is 0. The first-order valence-electron chi connectivity index (χ1n) is 7.72. The Hall–Kier alpha value is -1.05. The van der Waals surface area contributed by atoms with Crippen LogP contribution in [0.4, 0.5) is 0 Å². The maximum atomic E-state index is 12.2. The monoisotopic (exact) mass is 365 g/mol. The number of rotatable bonds is 6. The molecule has 0 fully saturated rings. The Bertz CT molecular complexity index is 674. The molecule has 1 aromatic heterocycles. The summed E-state index contributed by atoms with van der Waals surface area (Å²) in [6.07, 6.45) is 3.26. The minimum Gasteiger partial charge on any atom is -0.349 e. The highest BCUT2D eigenvalue weighted by Crippen LogP contribution is 2.31. The SMILES string of the molecule is CCSc1nnc(SCC(=O)N[C@@H]2CCCc3ccccc32)s1. The molecule has 0 saturated heterocycles. The number of carbonyl (C=O) groups excluding carboxylic acids is 1. The molecule has 0 unspecified atom stereocenters. The summed E-state index contributed by atoms with van der Waals surface area (Å²) in [5, 5.41) is 11.4. The number of hydrogen-bond donors (Lipinski definition) is 1. The molecule has 1 aliphatic carbocycles. The molecule has 23 heavy (non-hydrogen) atoms. The van der Waals surface area contributed by atoms with Crippen molar-refractivity contribution in [2.45, 2.75) is 40.9 Å². The highest BCUT2D eigenvalue weighted by Gasteiger charge is 2.21. The quantitative estimate of drug-likeness (QED) is 0.786. The van der Waals surface area contributed by atoms with Crippen molar-refractivity contribution in [2.75, 3.05) is 11.5 Å². The van der Waals surface area contributed by atoms with E-state index in [4.69, 9.17) is 0 Å². The van der Waals surface area contributed by atoms with E-state index < -0.39 is 0 Å². The minimum atomic E-state index is 0.0663. The van der Waals surface area contributed by atoms with Gasteiger partial charge in [-0.15, -0.1) is 10.2 Å². The van der Waals surface area contributed by atoms with Gasteiger partial charge in [0.2, 0.25) is 5.91 Å². The fraction of sp³-hybridized carbons (Fsp3) is 0.438. The van der Waals surface area contributed by atoms with Crippen LogP contribution in [-0.4, -0.2) is 27.6 Å². The van der Waals surface area contributed by atoms with Gasteiger partial charge in [-0.25, -0.2) is 0 Å². The lowest BCUT2D eigenvalue weighted by atomic mass is 9.88. The number of carbonyl (C=O) groups is 1. The first kappa shape index (κ1) is 16.8. The molecule has 122 valence electrons. The van der Waals surface area contributed by atoms with Crippen molar-refractivity contribution in [3.05, 3.63) is 35.4 Å². The lowest BCUT2D eigenvalue weighted by Gasteiger charge is -2.26. The van der Waals surface area contributed by atoms with Crippen molar-refractivity contribution < 1.29 is 4.79 Å². The zero-order valence-electron chi connectivity index (χ0n) is 12.9. The Kier molecular flexibility index (Phi) is 5.96. The third-order valence-electron chi connectivity index (χ3n) is 3.69. The second-order valence-electron chi connectivity index (χ2n) is 5.27. The summed E-state index contributed by atoms with van der Waals surface area (Å²) in [5.41, 5.74) is 2.64. The molecule has 1 aliphatic rings. The van der Waals surface area contributed by atoms with E-state index >= 15 is 0 Å². The highest BCUT2D eigenvalue weighted by molar-refractivity contribution is 8.03. The van der Waals surface area contributed by atoms with Crippen molar-refractivity contribution in [1.82, 2.24) is 15.5 Å². The summed E-state index contributed by atoms with van der Waals surface area (Å²) < 4.78 is 1.83. The number of amides is 1. The van der Waals surface area contributed by atoms with Gasteiger partial charge in [-0.1, -0.05) is 66.0 Å². The smallest absolute Gasteiger partial charge is 0.230 e. The highest BCUT2D eigenvalue weighted by atomic mass is 32.2. The third kappa shape index (κ3) is 4.49. The molecule has 7 heteroatoms. The number of aromatic nitrogens is 2. The van der Waals surface area contributed by atoms with E-state index in [0.29, 0.717) is 5.75 Å². The van der Waals surface area contributed by atoms with Crippen molar-refractivity contribution in [1.29, 1.82) is 0 Å². The molecular weight excluding hydrogens is 346 g/mol. The number of thioether (sulfide) groups is 2. The van der Waals surface area contributed by atoms with Crippen LogP contribution in [0.25, 0.3) is 0 Å². The number of benzene rings is 1. The number of hydrogen-bond acceptors (Lipinski definition) is 6. The van der Waals surface area contributed by atoms with Gasteiger partial charge in [0.05, 0.1) is 11.8 Å². The van der Waals surface area contributed by atoms with Crippen molar-refractivity contribution in [3.8, 4) is 0 Å². The molecule has 4 nitrogen and oxygen atoms in total. The van der Waals surface area contributed by atoms with Crippen LogP contribution in [0.15, 0.2) is 32.9 Å². The molecule has 2 aromatic rings. The van der Waals surface area contributed by atoms with Crippen molar-refractivity contribution in [2.24, 2.45) is 0 Å². The van der Waals surface area contributed by atoms with Crippen LogP contribution in [0.5, 0.6) is 0 Å². The average molecular weight is 366 g/mol. The van der Waals surface area contributed by atoms with E-state index in [9.17, 15) is 4.79 Å². The first-order valence-corrected chi connectivity index (χ1v) is 10.5. The Morgan fingerprint density at radius 2 is 2.09 bits per heavy atom. The van der Waals surface area contributed by atoms with Gasteiger partial charge < -0.3 is 5.32 Å². The van der Waals surface area contributed by atoms with Crippen LogP contribution in [0.1, 0.15) is 36.9 Å². The number of aryl methyl sites for hydroxylation is 1. The van der Waals surface area contributed by atoms with Gasteiger partial charge >= 0.3 is 0 Å². The summed E-state index contributed by atoms with van der Waals surface area (Å²) >= 11 is 4.70. The zero-order valence-corrected chi connectivity index (χ0v) is 15.4. The summed E-state index contributed by atoms with van der Waals surface area (Å²) in [4.78, 5) is 12.2. The lowest BCUT2D eigenvalue weighted by Crippen LogP contribution is -2.32. The predicted molar refractivity (Wildman–Crippen MR) is 97.3 cm³/mol. The molecule has 1 heterocycles. The second kappa shape index (κ2) is 8.17. The molecular formula is C16H19N3OS3. The van der Waals surface area contributed by atoms with Crippen molar-refractivity contribution in [3.63, 3.8) is 0 Å². The molecule has 3 rings (SSSR count). The molecule has 1 amide bonds. The maximum absolute atomic E-state index is 12.2. The second-order valence-corrected chi connectivity index (χ2v) is 8.98. The Balaban J connectivity index is 1.53. The maximum Gasteiger partial charge on any atom is 0.230 e. The van der Waals surface area contributed by atoms with Crippen LogP contribution < -0.4 is 5.32 Å². The van der Waals surface area contributed by atoms with Crippen LogP contribution >= 0.6 is 34.9 Å². The number of fused-ring (bicyclic) bond motifs is 1. The minimum absolute atomic E-state index is 0.0663. The standard InChI is InChI=1S/C16H19N3OS3/c1-2-21-15-18-19-16(23-15)22-10-14(20)17-13-9-5-7-11-6-3-4-8-12(11)13/h3-4,6,8,13H,2,5,7,9-10H2,1H3,(H,17,20)/t13-/m1/s1. The normalized spacial score (nSPS) is 16.8. The summed E-state index contributed by atoms with van der Waals surface area (Å²) in [5.74, 6) is 1.45. The van der Waals surface area contributed by atoms with Crippen molar-refractivity contribution >= 4 is 40.8 Å². The fourth-order valence-electron chi connectivity index (χ4n) is 2.70. The molecule has 1 atom stereocenters. The molecule has 0 radical (unpaired) electrons. The fourth-order valence-corrected chi connectivity index (χ4v) is 5.43. The van der Waals surface area contributed by atoms with E-state index in [-0.39, 0.29) is 11.9 Å². The summed E-state index contributed by atoms with van der Waals surface area (Å²) in [6.45, 7) is 2.09. The van der Waals surface area contributed by atoms with Gasteiger partial charge in [0.25, 0.3) is 0 Å². The van der Waals surface area contributed by atoms with Crippen LogP contribution in [-0.2, 0) is 11.2 Å². The molecule has 1 aromatic carbocycles. The van der Waals surface area contributed by atoms with E-state index in [1.807, 2.05) is 6.07 Å². The van der Waals surface area contributed by atoms with Gasteiger partial charge in [-0.2, -0.15) is 0 Å². The predicted octanol–water partition coefficient (Wildman–Crippen LogP) is 3.94. The van der Waals surface area contributed by atoms with Gasteiger partial charge in [0, 0.05) is 0 Å². The van der Waals surface area contributed by atoms with Gasteiger partial charge in [0.15, 0.2) is 8.68 Å². The molecule has 0 bridgehead atoms. The van der Waals surface area contributed by atoms with Crippen LogP contribution in [0.2, 0.25) is 0 Å². The van der Waals surface area contributed by atoms with Gasteiger partial charge in [-0.3, -0.25) is 4.79 Å². The topological polar surface area (TPSA) is 54.9 Å². The number of nitrogens with one attached hydrogen (secondary N) is 1. The summed E-state index contributed by atoms with van der Waals surface area (Å²) in [6, 6.07) is 8.56. The van der Waals surface area contributed by atoms with Gasteiger partial charge in [-0.05, 0) is 36.1 Å². The third-order valence-corrected chi connectivity index (χ3v) is 6.76. The first-order chi connectivity index (χ1) is 11.3. The lowest BCUT2D eigenvalue weighted by molar-refractivity contribution is -0.119. The van der Waals surface area contributed by atoms with E-state index in [1.165, 1.54) is 22.9 Å². The molecule has 0 spiro atoms. The Morgan fingerprint density at radius 3 is 2.91 bits per heavy atom. The van der Waals surface area contributed by atoms with E-state index in [1.54, 1.807) is 23.1 Å². The molecule has 1 N–H and O–H groups in total. The zero-order chi connectivity index (χ0) is 16.1. The van der Waals surface area contributed by atoms with E-state index in [0.717, 1.165) is 33.7 Å².